The van der Waals surface area contributed by atoms with Gasteiger partial charge in [0.2, 0.25) is 5.91 Å². The summed E-state index contributed by atoms with van der Waals surface area (Å²) in [4.78, 5) is 27.1. The van der Waals surface area contributed by atoms with Crippen molar-refractivity contribution in [2.24, 2.45) is 0 Å². The van der Waals surface area contributed by atoms with Crippen LogP contribution in [0, 0.1) is 6.92 Å². The van der Waals surface area contributed by atoms with E-state index in [0.717, 1.165) is 28.1 Å². The van der Waals surface area contributed by atoms with Gasteiger partial charge in [-0.05, 0) is 53.8 Å². The van der Waals surface area contributed by atoms with E-state index in [4.69, 9.17) is 4.42 Å². The SMILES string of the molecule is Cc1cccc(C(C)C)c1NC(=O)c1ccc([C@H]2SCC(=O)N2Cc2ccco2)cc1. The molecule has 0 aliphatic carbocycles. The van der Waals surface area contributed by atoms with E-state index in [1.807, 2.05) is 60.4 Å². The molecular formula is C25H26N2O3S. The van der Waals surface area contributed by atoms with Crippen LogP contribution in [0.5, 0.6) is 0 Å². The second kappa shape index (κ2) is 9.02. The normalized spacial score (nSPS) is 16.2. The first-order valence-electron chi connectivity index (χ1n) is 10.4. The molecule has 1 N–H and O–H groups in total. The van der Waals surface area contributed by atoms with Crippen molar-refractivity contribution in [3.8, 4) is 0 Å². The molecule has 0 saturated carbocycles. The van der Waals surface area contributed by atoms with E-state index in [2.05, 4.69) is 25.2 Å². The van der Waals surface area contributed by atoms with Gasteiger partial charge in [0, 0.05) is 11.3 Å². The number of thioether (sulfide) groups is 1. The smallest absolute Gasteiger partial charge is 0.255 e. The van der Waals surface area contributed by atoms with Gasteiger partial charge in [0.1, 0.15) is 11.1 Å². The highest BCUT2D eigenvalue weighted by Gasteiger charge is 2.33. The van der Waals surface area contributed by atoms with Crippen LogP contribution in [0.1, 0.15) is 57.9 Å². The van der Waals surface area contributed by atoms with Crippen molar-refractivity contribution in [2.75, 3.05) is 11.1 Å². The van der Waals surface area contributed by atoms with Crippen LogP contribution in [0.15, 0.2) is 65.3 Å². The highest BCUT2D eigenvalue weighted by molar-refractivity contribution is 8.00. The van der Waals surface area contributed by atoms with Crippen molar-refractivity contribution >= 4 is 29.3 Å². The van der Waals surface area contributed by atoms with Crippen LogP contribution in [-0.4, -0.2) is 22.5 Å². The number of carbonyl (C=O) groups excluding carboxylic acids is 2. The minimum Gasteiger partial charge on any atom is -0.467 e. The maximum Gasteiger partial charge on any atom is 0.255 e. The summed E-state index contributed by atoms with van der Waals surface area (Å²) in [5.74, 6) is 1.48. The van der Waals surface area contributed by atoms with Crippen LogP contribution in [-0.2, 0) is 11.3 Å². The standard InChI is InChI=1S/C25H26N2O3S/c1-16(2)21-8-4-6-17(3)23(21)26-24(29)18-9-11-19(12-10-18)25-27(22(28)15-31-25)14-20-7-5-13-30-20/h4-13,16,25H,14-15H2,1-3H3,(H,26,29)/t25-/m1/s1. The van der Waals surface area contributed by atoms with E-state index in [1.54, 1.807) is 18.0 Å². The summed E-state index contributed by atoms with van der Waals surface area (Å²) in [5.41, 5.74) is 4.64. The van der Waals surface area contributed by atoms with Crippen molar-refractivity contribution in [3.63, 3.8) is 0 Å². The van der Waals surface area contributed by atoms with Crippen LogP contribution in [0.3, 0.4) is 0 Å². The molecule has 160 valence electrons. The third-order valence-corrected chi connectivity index (χ3v) is 6.75. The molecule has 6 heteroatoms. The number of anilines is 1. The van der Waals surface area contributed by atoms with Crippen molar-refractivity contribution in [3.05, 3.63) is 88.9 Å². The van der Waals surface area contributed by atoms with Crippen molar-refractivity contribution in [2.45, 2.75) is 38.6 Å². The van der Waals surface area contributed by atoms with E-state index < -0.39 is 0 Å². The largest absolute Gasteiger partial charge is 0.467 e. The molecule has 1 aromatic heterocycles. The van der Waals surface area contributed by atoms with Gasteiger partial charge in [-0.15, -0.1) is 11.8 Å². The number of carbonyl (C=O) groups is 2. The lowest BCUT2D eigenvalue weighted by molar-refractivity contribution is -0.128. The van der Waals surface area contributed by atoms with Crippen LogP contribution in [0.4, 0.5) is 5.69 Å². The first-order chi connectivity index (χ1) is 14.9. The molecule has 4 rings (SSSR count). The molecule has 5 nitrogen and oxygen atoms in total. The van der Waals surface area contributed by atoms with Crippen LogP contribution in [0.25, 0.3) is 0 Å². The molecule has 1 atom stereocenters. The maximum absolute atomic E-state index is 12.9. The van der Waals surface area contributed by atoms with E-state index in [9.17, 15) is 9.59 Å². The molecule has 31 heavy (non-hydrogen) atoms. The number of nitrogens with zero attached hydrogens (tertiary/aromatic N) is 1. The molecule has 2 amide bonds. The number of furan rings is 1. The Bertz CT molecular complexity index is 1070. The first-order valence-corrected chi connectivity index (χ1v) is 11.4. The Morgan fingerprint density at radius 2 is 1.94 bits per heavy atom. The molecule has 2 heterocycles. The predicted molar refractivity (Wildman–Crippen MR) is 124 cm³/mol. The van der Waals surface area contributed by atoms with E-state index in [0.29, 0.717) is 23.8 Å². The van der Waals surface area contributed by atoms with Gasteiger partial charge >= 0.3 is 0 Å². The average molecular weight is 435 g/mol. The molecule has 0 unspecified atom stereocenters. The fourth-order valence-corrected chi connectivity index (χ4v) is 4.99. The van der Waals surface area contributed by atoms with E-state index >= 15 is 0 Å². The topological polar surface area (TPSA) is 62.6 Å². The van der Waals surface area contributed by atoms with E-state index in [-0.39, 0.29) is 17.2 Å². The zero-order valence-corrected chi connectivity index (χ0v) is 18.7. The van der Waals surface area contributed by atoms with Crippen molar-refractivity contribution in [1.29, 1.82) is 0 Å². The predicted octanol–water partition coefficient (Wildman–Crippen LogP) is 5.74. The molecule has 1 fully saturated rings. The minimum absolute atomic E-state index is 0.0846. The maximum atomic E-state index is 12.9. The van der Waals surface area contributed by atoms with Crippen molar-refractivity contribution in [1.82, 2.24) is 4.90 Å². The molecule has 1 saturated heterocycles. The van der Waals surface area contributed by atoms with Gasteiger partial charge < -0.3 is 14.6 Å². The highest BCUT2D eigenvalue weighted by Crippen LogP contribution is 2.39. The molecule has 1 aliphatic heterocycles. The van der Waals surface area contributed by atoms with E-state index in [1.165, 1.54) is 0 Å². The second-order valence-electron chi connectivity index (χ2n) is 8.03. The Hall–Kier alpha value is -2.99. The summed E-state index contributed by atoms with van der Waals surface area (Å²) in [6.07, 6.45) is 1.62. The molecule has 0 spiro atoms. The Morgan fingerprint density at radius 3 is 2.61 bits per heavy atom. The van der Waals surface area contributed by atoms with Crippen LogP contribution >= 0.6 is 11.8 Å². The number of nitrogens with one attached hydrogen (secondary N) is 1. The summed E-state index contributed by atoms with van der Waals surface area (Å²) in [7, 11) is 0. The number of amides is 2. The lowest BCUT2D eigenvalue weighted by Gasteiger charge is -2.23. The summed E-state index contributed by atoms with van der Waals surface area (Å²) in [6.45, 7) is 6.69. The van der Waals surface area contributed by atoms with Gasteiger partial charge in [-0.25, -0.2) is 0 Å². The fourth-order valence-electron chi connectivity index (χ4n) is 3.80. The first kappa shape index (κ1) is 21.2. The Balaban J connectivity index is 1.51. The van der Waals surface area contributed by atoms with Gasteiger partial charge in [-0.3, -0.25) is 9.59 Å². The Kier molecular flexibility index (Phi) is 6.18. The zero-order chi connectivity index (χ0) is 22.0. The zero-order valence-electron chi connectivity index (χ0n) is 17.9. The highest BCUT2D eigenvalue weighted by atomic mass is 32.2. The molecule has 0 radical (unpaired) electrons. The second-order valence-corrected chi connectivity index (χ2v) is 9.10. The lowest BCUT2D eigenvalue weighted by Crippen LogP contribution is -2.27. The lowest BCUT2D eigenvalue weighted by atomic mass is 9.98. The fraction of sp³-hybridized carbons (Fsp3) is 0.280. The van der Waals surface area contributed by atoms with Crippen LogP contribution < -0.4 is 5.32 Å². The quantitative estimate of drug-likeness (QED) is 0.537. The monoisotopic (exact) mass is 434 g/mol. The number of benzene rings is 2. The van der Waals surface area contributed by atoms with Crippen LogP contribution in [0.2, 0.25) is 0 Å². The molecule has 3 aromatic rings. The number of rotatable bonds is 6. The number of hydrogen-bond acceptors (Lipinski definition) is 4. The third kappa shape index (κ3) is 4.54. The number of aryl methyl sites for hydroxylation is 1. The summed E-state index contributed by atoms with van der Waals surface area (Å²) >= 11 is 1.59. The average Bonchev–Trinajstić information content (AvgIpc) is 3.40. The third-order valence-electron chi connectivity index (χ3n) is 5.50. The Labute approximate surface area is 186 Å². The molecular weight excluding hydrogens is 408 g/mol. The van der Waals surface area contributed by atoms with Gasteiger partial charge in [0.25, 0.3) is 5.91 Å². The molecule has 2 aromatic carbocycles. The molecule has 1 aliphatic rings. The van der Waals surface area contributed by atoms with Gasteiger partial charge in [0.05, 0.1) is 18.6 Å². The number of para-hydroxylation sites is 1. The minimum atomic E-state index is -0.134. The van der Waals surface area contributed by atoms with Gasteiger partial charge in [-0.2, -0.15) is 0 Å². The summed E-state index contributed by atoms with van der Waals surface area (Å²) in [5, 5.41) is 3.01. The molecule has 0 bridgehead atoms. The number of hydrogen-bond donors (Lipinski definition) is 1. The van der Waals surface area contributed by atoms with Crippen molar-refractivity contribution < 1.29 is 14.0 Å². The summed E-state index contributed by atoms with van der Waals surface area (Å²) in [6, 6.07) is 17.3. The van der Waals surface area contributed by atoms with Gasteiger partial charge in [0.15, 0.2) is 0 Å². The summed E-state index contributed by atoms with van der Waals surface area (Å²) < 4.78 is 5.42. The Morgan fingerprint density at radius 1 is 1.16 bits per heavy atom. The van der Waals surface area contributed by atoms with Gasteiger partial charge in [-0.1, -0.05) is 44.2 Å².